The first-order valence-corrected chi connectivity index (χ1v) is 7.99. The van der Waals surface area contributed by atoms with Crippen LogP contribution in [-0.4, -0.2) is 17.0 Å². The van der Waals surface area contributed by atoms with Gasteiger partial charge in [0.15, 0.2) is 5.82 Å². The normalized spacial score (nSPS) is 11.0. The molecule has 2 aromatic rings. The van der Waals surface area contributed by atoms with Crippen molar-refractivity contribution >= 4 is 49.0 Å². The predicted octanol–water partition coefficient (Wildman–Crippen LogP) is 4.90. The summed E-state index contributed by atoms with van der Waals surface area (Å²) in [6.45, 7) is 4.25. The molecular weight excluding hydrogens is 378 g/mol. The van der Waals surface area contributed by atoms with Crippen LogP contribution in [0.15, 0.2) is 20.4 Å². The Labute approximate surface area is 127 Å². The second-order valence-corrected chi connectivity index (χ2v) is 6.66. The van der Waals surface area contributed by atoms with Crippen LogP contribution in [0.3, 0.4) is 0 Å². The summed E-state index contributed by atoms with van der Waals surface area (Å²) in [4.78, 5) is 10.3. The first-order valence-electron chi connectivity index (χ1n) is 5.53. The quantitative estimate of drug-likeness (QED) is 0.810. The minimum absolute atomic E-state index is 0.340. The van der Waals surface area contributed by atoms with Crippen molar-refractivity contribution in [3.63, 3.8) is 0 Å². The molecule has 1 N–H and O–H groups in total. The van der Waals surface area contributed by atoms with Crippen LogP contribution >= 0.6 is 43.2 Å². The zero-order chi connectivity index (χ0) is 13.3. The van der Waals surface area contributed by atoms with Gasteiger partial charge in [-0.3, -0.25) is 0 Å². The lowest BCUT2D eigenvalue weighted by Gasteiger charge is -2.13. The number of thiophene rings is 1. The SMILES string of the molecule is CNc1nc(-c2sccc2Br)nc(C(C)C)c1Br. The second-order valence-electron chi connectivity index (χ2n) is 4.10. The Balaban J connectivity index is 2.63. The summed E-state index contributed by atoms with van der Waals surface area (Å²) in [5.74, 6) is 1.92. The van der Waals surface area contributed by atoms with Crippen LogP contribution in [0.2, 0.25) is 0 Å². The minimum atomic E-state index is 0.340. The lowest BCUT2D eigenvalue weighted by atomic mass is 10.1. The van der Waals surface area contributed by atoms with E-state index >= 15 is 0 Å². The van der Waals surface area contributed by atoms with E-state index in [1.165, 1.54) is 0 Å². The zero-order valence-corrected chi connectivity index (χ0v) is 14.3. The van der Waals surface area contributed by atoms with Crippen molar-refractivity contribution in [2.75, 3.05) is 12.4 Å². The second kappa shape index (κ2) is 5.67. The monoisotopic (exact) mass is 389 g/mol. The first-order chi connectivity index (χ1) is 8.54. The molecule has 0 unspecified atom stereocenters. The highest BCUT2D eigenvalue weighted by Crippen LogP contribution is 2.35. The van der Waals surface area contributed by atoms with Gasteiger partial charge in [-0.2, -0.15) is 0 Å². The van der Waals surface area contributed by atoms with E-state index in [4.69, 9.17) is 0 Å². The molecule has 0 bridgehead atoms. The topological polar surface area (TPSA) is 37.8 Å². The third kappa shape index (κ3) is 2.60. The highest BCUT2D eigenvalue weighted by molar-refractivity contribution is 9.11. The summed E-state index contributed by atoms with van der Waals surface area (Å²) in [5.41, 5.74) is 1.02. The molecule has 2 aromatic heterocycles. The van der Waals surface area contributed by atoms with Gasteiger partial charge in [0.2, 0.25) is 0 Å². The van der Waals surface area contributed by atoms with Crippen molar-refractivity contribution in [2.24, 2.45) is 0 Å². The summed E-state index contributed by atoms with van der Waals surface area (Å²) in [6, 6.07) is 2.01. The average Bonchev–Trinajstić information content (AvgIpc) is 2.75. The Bertz CT molecular complexity index is 566. The van der Waals surface area contributed by atoms with Gasteiger partial charge in [0.25, 0.3) is 0 Å². The standard InChI is InChI=1S/C12H13Br2N3S/c1-6(2)9-8(14)11(15-3)17-12(16-9)10-7(13)4-5-18-10/h4-6H,1-3H3,(H,15,16,17). The summed E-state index contributed by atoms with van der Waals surface area (Å²) in [5, 5.41) is 5.13. The molecule has 0 aromatic carbocycles. The molecule has 6 heteroatoms. The Morgan fingerprint density at radius 2 is 2.00 bits per heavy atom. The van der Waals surface area contributed by atoms with Crippen LogP contribution in [0.1, 0.15) is 25.5 Å². The molecule has 2 rings (SSSR count). The molecule has 0 atom stereocenters. The van der Waals surface area contributed by atoms with E-state index in [1.807, 2.05) is 18.5 Å². The Morgan fingerprint density at radius 3 is 2.50 bits per heavy atom. The van der Waals surface area contributed by atoms with E-state index in [1.54, 1.807) is 11.3 Å². The Hall–Kier alpha value is -0.460. The number of hydrogen-bond donors (Lipinski definition) is 1. The van der Waals surface area contributed by atoms with Crippen LogP contribution in [0, 0.1) is 0 Å². The maximum absolute atomic E-state index is 4.67. The lowest BCUT2D eigenvalue weighted by molar-refractivity contribution is 0.810. The number of nitrogens with zero attached hydrogens (tertiary/aromatic N) is 2. The predicted molar refractivity (Wildman–Crippen MR) is 84.4 cm³/mol. The van der Waals surface area contributed by atoms with Crippen molar-refractivity contribution in [1.29, 1.82) is 0 Å². The molecule has 0 aliphatic heterocycles. The van der Waals surface area contributed by atoms with Crippen LogP contribution < -0.4 is 5.32 Å². The van der Waals surface area contributed by atoms with Crippen LogP contribution in [0.25, 0.3) is 10.7 Å². The van der Waals surface area contributed by atoms with E-state index < -0.39 is 0 Å². The number of rotatable bonds is 3. The lowest BCUT2D eigenvalue weighted by Crippen LogP contribution is -2.04. The fourth-order valence-corrected chi connectivity index (χ4v) is 3.88. The number of aromatic nitrogens is 2. The number of nitrogens with one attached hydrogen (secondary N) is 1. The molecule has 0 amide bonds. The maximum atomic E-state index is 4.67. The van der Waals surface area contributed by atoms with Gasteiger partial charge < -0.3 is 5.32 Å². The third-order valence-electron chi connectivity index (χ3n) is 2.48. The summed E-state index contributed by atoms with van der Waals surface area (Å²) < 4.78 is 1.98. The van der Waals surface area contributed by atoms with Gasteiger partial charge in [0.05, 0.1) is 15.0 Å². The zero-order valence-electron chi connectivity index (χ0n) is 10.3. The molecule has 96 valence electrons. The first kappa shape index (κ1) is 14.0. The average molecular weight is 391 g/mol. The van der Waals surface area contributed by atoms with Crippen LogP contribution in [0.4, 0.5) is 5.82 Å². The van der Waals surface area contributed by atoms with Gasteiger partial charge in [0, 0.05) is 11.5 Å². The summed E-state index contributed by atoms with van der Waals surface area (Å²) >= 11 is 8.72. The Morgan fingerprint density at radius 1 is 1.28 bits per heavy atom. The number of halogens is 2. The van der Waals surface area contributed by atoms with Crippen molar-refractivity contribution in [2.45, 2.75) is 19.8 Å². The van der Waals surface area contributed by atoms with Crippen molar-refractivity contribution in [3.05, 3.63) is 26.1 Å². The molecule has 0 aliphatic rings. The molecule has 0 radical (unpaired) electrons. The van der Waals surface area contributed by atoms with Gasteiger partial charge in [-0.15, -0.1) is 11.3 Å². The molecule has 2 heterocycles. The largest absolute Gasteiger partial charge is 0.372 e. The van der Waals surface area contributed by atoms with Gasteiger partial charge in [0.1, 0.15) is 5.82 Å². The van der Waals surface area contributed by atoms with Crippen molar-refractivity contribution < 1.29 is 0 Å². The fraction of sp³-hybridized carbons (Fsp3) is 0.333. The molecule has 0 saturated carbocycles. The molecule has 3 nitrogen and oxygen atoms in total. The molecule has 0 fully saturated rings. The minimum Gasteiger partial charge on any atom is -0.372 e. The highest BCUT2D eigenvalue weighted by Gasteiger charge is 2.17. The van der Waals surface area contributed by atoms with Gasteiger partial charge >= 0.3 is 0 Å². The molecular formula is C12H13Br2N3S. The fourth-order valence-electron chi connectivity index (χ4n) is 1.57. The Kier molecular flexibility index (Phi) is 4.40. The molecule has 0 aliphatic carbocycles. The van der Waals surface area contributed by atoms with Crippen molar-refractivity contribution in [3.8, 4) is 10.7 Å². The van der Waals surface area contributed by atoms with E-state index in [9.17, 15) is 0 Å². The molecule has 0 spiro atoms. The third-order valence-corrected chi connectivity index (χ3v) is 5.10. The number of hydrogen-bond acceptors (Lipinski definition) is 4. The number of anilines is 1. The highest BCUT2D eigenvalue weighted by atomic mass is 79.9. The maximum Gasteiger partial charge on any atom is 0.173 e. The van der Waals surface area contributed by atoms with E-state index in [0.29, 0.717) is 5.92 Å². The van der Waals surface area contributed by atoms with E-state index in [2.05, 4.69) is 61.0 Å². The van der Waals surface area contributed by atoms with E-state index in [0.717, 1.165) is 31.2 Å². The van der Waals surface area contributed by atoms with Gasteiger partial charge in [-0.05, 0) is 49.2 Å². The summed E-state index contributed by atoms with van der Waals surface area (Å²) in [7, 11) is 1.87. The van der Waals surface area contributed by atoms with Gasteiger partial charge in [-0.1, -0.05) is 13.8 Å². The summed E-state index contributed by atoms with van der Waals surface area (Å²) in [6.07, 6.45) is 0. The smallest absolute Gasteiger partial charge is 0.173 e. The van der Waals surface area contributed by atoms with Crippen LogP contribution in [-0.2, 0) is 0 Å². The van der Waals surface area contributed by atoms with Crippen molar-refractivity contribution in [1.82, 2.24) is 9.97 Å². The molecule has 18 heavy (non-hydrogen) atoms. The molecule has 0 saturated heterocycles. The van der Waals surface area contributed by atoms with Gasteiger partial charge in [-0.25, -0.2) is 9.97 Å². The van der Waals surface area contributed by atoms with E-state index in [-0.39, 0.29) is 0 Å². The van der Waals surface area contributed by atoms with Crippen LogP contribution in [0.5, 0.6) is 0 Å².